The van der Waals surface area contributed by atoms with Gasteiger partial charge in [-0.15, -0.1) is 0 Å². The number of carbonyl (C=O) groups is 1. The van der Waals surface area contributed by atoms with E-state index in [-0.39, 0.29) is 11.9 Å². The molecule has 0 aromatic heterocycles. The predicted molar refractivity (Wildman–Crippen MR) is 46.9 cm³/mol. The highest BCUT2D eigenvalue weighted by Crippen LogP contribution is 2.16. The minimum Gasteiger partial charge on any atom is -0.469 e. The molecule has 0 aromatic carbocycles. The van der Waals surface area contributed by atoms with Gasteiger partial charge in [0.25, 0.3) is 0 Å². The quantitative estimate of drug-likeness (QED) is 0.578. The van der Waals surface area contributed by atoms with Gasteiger partial charge in [0.05, 0.1) is 13.0 Å². The molecule has 1 atom stereocenters. The van der Waals surface area contributed by atoms with Crippen molar-refractivity contribution in [2.75, 3.05) is 26.7 Å². The molecular formula is C9H17NO2. The number of nitrogens with zero attached hydrogens (tertiary/aromatic N) is 1. The second-order valence-corrected chi connectivity index (χ2v) is 3.26. The largest absolute Gasteiger partial charge is 0.469 e. The number of ether oxygens (including phenoxy) is 1. The average Bonchev–Trinajstić information content (AvgIpc) is 2.17. The zero-order chi connectivity index (χ0) is 8.97. The molecule has 3 heteroatoms. The Bertz CT molecular complexity index is 159. The van der Waals surface area contributed by atoms with Crippen LogP contribution in [-0.2, 0) is 9.53 Å². The number of piperidine rings is 1. The first-order valence-electron chi connectivity index (χ1n) is 4.58. The Labute approximate surface area is 73.7 Å². The summed E-state index contributed by atoms with van der Waals surface area (Å²) in [7, 11) is 1.47. The molecule has 1 aliphatic heterocycles. The molecule has 1 unspecified atom stereocenters. The third kappa shape index (κ3) is 2.21. The minimum absolute atomic E-state index is 0.0480. The molecule has 0 aromatic rings. The van der Waals surface area contributed by atoms with Gasteiger partial charge in [0.2, 0.25) is 0 Å². The van der Waals surface area contributed by atoms with Gasteiger partial charge >= 0.3 is 5.97 Å². The summed E-state index contributed by atoms with van der Waals surface area (Å²) in [5, 5.41) is 0. The van der Waals surface area contributed by atoms with Gasteiger partial charge in [0, 0.05) is 6.54 Å². The lowest BCUT2D eigenvalue weighted by atomic mass is 9.98. The summed E-state index contributed by atoms with van der Waals surface area (Å²) in [4.78, 5) is 13.5. The van der Waals surface area contributed by atoms with E-state index >= 15 is 0 Å². The van der Waals surface area contributed by atoms with Crippen LogP contribution < -0.4 is 0 Å². The maximum atomic E-state index is 11.2. The van der Waals surface area contributed by atoms with Crippen molar-refractivity contribution < 1.29 is 9.53 Å². The van der Waals surface area contributed by atoms with Crippen LogP contribution in [0.3, 0.4) is 0 Å². The standard InChI is InChI=1S/C9H17NO2/c1-3-10-6-4-5-8(7-10)9(11)12-2/h8H,3-7H2,1-2H3. The second kappa shape index (κ2) is 4.45. The van der Waals surface area contributed by atoms with Crippen LogP contribution in [-0.4, -0.2) is 37.6 Å². The third-order valence-electron chi connectivity index (χ3n) is 2.49. The van der Waals surface area contributed by atoms with Gasteiger partial charge in [-0.2, -0.15) is 0 Å². The average molecular weight is 171 g/mol. The van der Waals surface area contributed by atoms with E-state index in [4.69, 9.17) is 4.74 Å². The Balaban J connectivity index is 2.40. The van der Waals surface area contributed by atoms with Crippen molar-refractivity contribution in [1.29, 1.82) is 0 Å². The molecule has 0 amide bonds. The normalized spacial score (nSPS) is 25.3. The summed E-state index contributed by atoms with van der Waals surface area (Å²) in [5.41, 5.74) is 0. The SMILES string of the molecule is CCN1CCCC(C(=O)OC)C1. The fourth-order valence-electron chi connectivity index (χ4n) is 1.70. The van der Waals surface area contributed by atoms with Crippen LogP contribution in [0.2, 0.25) is 0 Å². The number of likely N-dealkylation sites (tertiary alicyclic amines) is 1. The van der Waals surface area contributed by atoms with E-state index in [2.05, 4.69) is 11.8 Å². The highest BCUT2D eigenvalue weighted by molar-refractivity contribution is 5.72. The fraction of sp³-hybridized carbons (Fsp3) is 0.889. The van der Waals surface area contributed by atoms with E-state index in [0.29, 0.717) is 0 Å². The topological polar surface area (TPSA) is 29.5 Å². The molecule has 0 N–H and O–H groups in total. The van der Waals surface area contributed by atoms with Gasteiger partial charge in [0.1, 0.15) is 0 Å². The number of hydrogen-bond acceptors (Lipinski definition) is 3. The van der Waals surface area contributed by atoms with E-state index in [9.17, 15) is 4.79 Å². The van der Waals surface area contributed by atoms with E-state index in [1.54, 1.807) is 0 Å². The number of esters is 1. The molecule has 1 saturated heterocycles. The summed E-state index contributed by atoms with van der Waals surface area (Å²) in [6, 6.07) is 0. The van der Waals surface area contributed by atoms with Crippen LogP contribution in [0, 0.1) is 5.92 Å². The van der Waals surface area contributed by atoms with E-state index in [1.165, 1.54) is 7.11 Å². The molecule has 3 nitrogen and oxygen atoms in total. The molecule has 1 aliphatic rings. The minimum atomic E-state index is -0.0480. The summed E-state index contributed by atoms with van der Waals surface area (Å²) in [5.74, 6) is 0.0665. The Morgan fingerprint density at radius 1 is 1.67 bits per heavy atom. The lowest BCUT2D eigenvalue weighted by molar-refractivity contribution is -0.147. The molecule has 0 saturated carbocycles. The van der Waals surface area contributed by atoms with Crippen molar-refractivity contribution in [3.8, 4) is 0 Å². The molecule has 0 radical (unpaired) electrons. The lowest BCUT2D eigenvalue weighted by Gasteiger charge is -2.29. The van der Waals surface area contributed by atoms with Crippen LogP contribution in [0.1, 0.15) is 19.8 Å². The smallest absolute Gasteiger partial charge is 0.309 e. The summed E-state index contributed by atoms with van der Waals surface area (Å²) in [6.07, 6.45) is 2.11. The molecular weight excluding hydrogens is 154 g/mol. The maximum absolute atomic E-state index is 11.2. The number of rotatable bonds is 2. The fourth-order valence-corrected chi connectivity index (χ4v) is 1.70. The van der Waals surface area contributed by atoms with Gasteiger partial charge in [-0.3, -0.25) is 4.79 Å². The van der Waals surface area contributed by atoms with Gasteiger partial charge in [-0.1, -0.05) is 6.92 Å². The van der Waals surface area contributed by atoms with Crippen molar-refractivity contribution in [2.45, 2.75) is 19.8 Å². The maximum Gasteiger partial charge on any atom is 0.309 e. The van der Waals surface area contributed by atoms with Crippen molar-refractivity contribution in [3.05, 3.63) is 0 Å². The summed E-state index contributed by atoms with van der Waals surface area (Å²) >= 11 is 0. The zero-order valence-corrected chi connectivity index (χ0v) is 7.88. The van der Waals surface area contributed by atoms with Crippen LogP contribution >= 0.6 is 0 Å². The number of carbonyl (C=O) groups excluding carboxylic acids is 1. The first-order valence-corrected chi connectivity index (χ1v) is 4.58. The highest BCUT2D eigenvalue weighted by atomic mass is 16.5. The van der Waals surface area contributed by atoms with Crippen molar-refractivity contribution in [3.63, 3.8) is 0 Å². The van der Waals surface area contributed by atoms with E-state index < -0.39 is 0 Å². The van der Waals surface area contributed by atoms with Crippen LogP contribution in [0.4, 0.5) is 0 Å². The Hall–Kier alpha value is -0.570. The first kappa shape index (κ1) is 9.52. The summed E-state index contributed by atoms with van der Waals surface area (Å²) < 4.78 is 4.72. The van der Waals surface area contributed by atoms with Gasteiger partial charge in [-0.25, -0.2) is 0 Å². The van der Waals surface area contributed by atoms with Gasteiger partial charge in [0.15, 0.2) is 0 Å². The molecule has 0 aliphatic carbocycles. The molecule has 0 spiro atoms. The molecule has 12 heavy (non-hydrogen) atoms. The molecule has 1 rings (SSSR count). The lowest BCUT2D eigenvalue weighted by Crippen LogP contribution is -2.38. The first-order chi connectivity index (χ1) is 5.77. The van der Waals surface area contributed by atoms with Crippen LogP contribution in [0.5, 0.6) is 0 Å². The molecule has 0 bridgehead atoms. The Morgan fingerprint density at radius 2 is 2.42 bits per heavy atom. The van der Waals surface area contributed by atoms with Gasteiger partial charge < -0.3 is 9.64 Å². The molecule has 1 heterocycles. The molecule has 1 fully saturated rings. The monoisotopic (exact) mass is 171 g/mol. The van der Waals surface area contributed by atoms with Crippen molar-refractivity contribution in [2.24, 2.45) is 5.92 Å². The number of hydrogen-bond donors (Lipinski definition) is 0. The summed E-state index contributed by atoms with van der Waals surface area (Å²) in [6.45, 7) is 5.17. The van der Waals surface area contributed by atoms with E-state index in [0.717, 1.165) is 32.5 Å². The Kier molecular flexibility index (Phi) is 3.53. The highest BCUT2D eigenvalue weighted by Gasteiger charge is 2.25. The third-order valence-corrected chi connectivity index (χ3v) is 2.49. The van der Waals surface area contributed by atoms with Crippen molar-refractivity contribution >= 4 is 5.97 Å². The van der Waals surface area contributed by atoms with Crippen LogP contribution in [0.15, 0.2) is 0 Å². The Morgan fingerprint density at radius 3 is 3.00 bits per heavy atom. The van der Waals surface area contributed by atoms with E-state index in [1.807, 2.05) is 0 Å². The van der Waals surface area contributed by atoms with Gasteiger partial charge in [-0.05, 0) is 25.9 Å². The van der Waals surface area contributed by atoms with Crippen LogP contribution in [0.25, 0.3) is 0 Å². The number of methoxy groups -OCH3 is 1. The van der Waals surface area contributed by atoms with Crippen molar-refractivity contribution in [1.82, 2.24) is 4.90 Å². The molecule has 70 valence electrons. The predicted octanol–water partition coefficient (Wildman–Crippen LogP) is 0.891. The zero-order valence-electron chi connectivity index (χ0n) is 7.88. The second-order valence-electron chi connectivity index (χ2n) is 3.26.